The van der Waals surface area contributed by atoms with Crippen molar-refractivity contribution in [3.63, 3.8) is 0 Å². The summed E-state index contributed by atoms with van der Waals surface area (Å²) in [7, 11) is 0. The topological polar surface area (TPSA) is 57.6 Å². The van der Waals surface area contributed by atoms with Crippen molar-refractivity contribution in [1.82, 2.24) is 4.90 Å². The summed E-state index contributed by atoms with van der Waals surface area (Å²) in [5, 5.41) is 10.6. The summed E-state index contributed by atoms with van der Waals surface area (Å²) in [6, 6.07) is 0. The van der Waals surface area contributed by atoms with Gasteiger partial charge in [-0.15, -0.1) is 0 Å². The first kappa shape index (κ1) is 14.5. The van der Waals surface area contributed by atoms with Crippen LogP contribution in [-0.2, 0) is 9.59 Å². The van der Waals surface area contributed by atoms with Gasteiger partial charge in [0.15, 0.2) is 0 Å². The van der Waals surface area contributed by atoms with E-state index >= 15 is 0 Å². The van der Waals surface area contributed by atoms with Gasteiger partial charge in [0.2, 0.25) is 11.8 Å². The number of aliphatic hydroxyl groups is 1. The van der Waals surface area contributed by atoms with Crippen LogP contribution in [-0.4, -0.2) is 34.0 Å². The number of carbonyl (C=O) groups is 2. The van der Waals surface area contributed by atoms with Gasteiger partial charge in [0.1, 0.15) is 0 Å². The molecule has 0 aromatic rings. The Hall–Kier alpha value is -0.900. The molecule has 1 saturated heterocycles. The van der Waals surface area contributed by atoms with E-state index in [4.69, 9.17) is 0 Å². The van der Waals surface area contributed by atoms with Gasteiger partial charge in [-0.1, -0.05) is 27.2 Å². The number of β-amino-alcohol motifs (C(OH)–C–C–N with tert-alkyl or cyclic N) is 1. The molecule has 0 radical (unpaired) electrons. The van der Waals surface area contributed by atoms with Crippen molar-refractivity contribution >= 4 is 11.8 Å². The van der Waals surface area contributed by atoms with Crippen molar-refractivity contribution in [2.45, 2.75) is 58.5 Å². The number of rotatable bonds is 3. The van der Waals surface area contributed by atoms with Crippen LogP contribution in [0.25, 0.3) is 0 Å². The molecular weight excluding hydrogens is 242 g/mol. The van der Waals surface area contributed by atoms with Crippen LogP contribution in [0.1, 0.15) is 52.9 Å². The Morgan fingerprint density at radius 3 is 2.05 bits per heavy atom. The molecule has 4 nitrogen and oxygen atoms in total. The maximum atomic E-state index is 12.1. The Labute approximate surface area is 115 Å². The Bertz CT molecular complexity index is 352. The third-order valence-electron chi connectivity index (χ3n) is 5.13. The summed E-state index contributed by atoms with van der Waals surface area (Å²) < 4.78 is 0. The molecule has 0 spiro atoms. The Kier molecular flexibility index (Phi) is 4.00. The summed E-state index contributed by atoms with van der Waals surface area (Å²) in [4.78, 5) is 25.4. The highest BCUT2D eigenvalue weighted by Crippen LogP contribution is 2.36. The third-order valence-corrected chi connectivity index (χ3v) is 5.13. The quantitative estimate of drug-likeness (QED) is 0.795. The van der Waals surface area contributed by atoms with Gasteiger partial charge in [0.25, 0.3) is 0 Å². The monoisotopic (exact) mass is 267 g/mol. The minimum absolute atomic E-state index is 0.122. The minimum atomic E-state index is -0.860. The summed E-state index contributed by atoms with van der Waals surface area (Å²) in [5.74, 6) is -0.0543. The lowest BCUT2D eigenvalue weighted by atomic mass is 9.77. The Morgan fingerprint density at radius 2 is 1.63 bits per heavy atom. The molecule has 19 heavy (non-hydrogen) atoms. The van der Waals surface area contributed by atoms with Gasteiger partial charge >= 0.3 is 0 Å². The molecule has 1 aliphatic carbocycles. The van der Waals surface area contributed by atoms with Crippen LogP contribution in [0.3, 0.4) is 0 Å². The van der Waals surface area contributed by atoms with E-state index in [9.17, 15) is 14.7 Å². The van der Waals surface area contributed by atoms with E-state index < -0.39 is 5.60 Å². The van der Waals surface area contributed by atoms with E-state index in [0.29, 0.717) is 18.8 Å². The van der Waals surface area contributed by atoms with Crippen LogP contribution in [0.4, 0.5) is 0 Å². The van der Waals surface area contributed by atoms with Crippen molar-refractivity contribution < 1.29 is 14.7 Å². The number of hydrogen-bond acceptors (Lipinski definition) is 3. The lowest BCUT2D eigenvalue weighted by molar-refractivity contribution is -0.145. The molecule has 2 aliphatic rings. The average molecular weight is 267 g/mol. The molecule has 2 fully saturated rings. The fourth-order valence-corrected chi connectivity index (χ4v) is 3.26. The second-order valence-corrected chi connectivity index (χ2v) is 6.42. The number of carbonyl (C=O) groups excluding carboxylic acids is 2. The van der Waals surface area contributed by atoms with E-state index in [1.165, 1.54) is 4.90 Å². The zero-order chi connectivity index (χ0) is 14.2. The van der Waals surface area contributed by atoms with Gasteiger partial charge in [0, 0.05) is 11.8 Å². The van der Waals surface area contributed by atoms with Gasteiger partial charge in [-0.2, -0.15) is 0 Å². The molecule has 0 bridgehead atoms. The van der Waals surface area contributed by atoms with E-state index in [1.807, 2.05) is 0 Å². The third kappa shape index (κ3) is 2.69. The predicted molar refractivity (Wildman–Crippen MR) is 72.2 cm³/mol. The molecule has 1 saturated carbocycles. The van der Waals surface area contributed by atoms with Crippen LogP contribution in [0.15, 0.2) is 0 Å². The molecule has 2 atom stereocenters. The first-order valence-electron chi connectivity index (χ1n) is 7.45. The van der Waals surface area contributed by atoms with Crippen molar-refractivity contribution in [3.05, 3.63) is 0 Å². The molecule has 1 aliphatic heterocycles. The molecule has 1 N–H and O–H groups in total. The van der Waals surface area contributed by atoms with Gasteiger partial charge < -0.3 is 5.11 Å². The lowest BCUT2D eigenvalue weighted by Crippen LogP contribution is -2.47. The molecule has 1 heterocycles. The smallest absolute Gasteiger partial charge is 0.232 e. The Balaban J connectivity index is 2.01. The summed E-state index contributed by atoms with van der Waals surface area (Å²) in [6.45, 7) is 5.95. The van der Waals surface area contributed by atoms with Crippen LogP contribution in [0, 0.1) is 17.8 Å². The van der Waals surface area contributed by atoms with Crippen molar-refractivity contribution in [2.75, 3.05) is 6.54 Å². The average Bonchev–Trinajstić information content (AvgIpc) is 2.57. The molecular formula is C15H25NO3. The molecule has 2 amide bonds. The molecule has 0 aromatic heterocycles. The maximum absolute atomic E-state index is 12.1. The minimum Gasteiger partial charge on any atom is -0.388 e. The SMILES string of the molecule is CCC1CCC(O)(CN2C(=O)C(C)C(C)C2=O)CC1. The van der Waals surface area contributed by atoms with Crippen molar-refractivity contribution in [2.24, 2.45) is 17.8 Å². The number of imide groups is 1. The van der Waals surface area contributed by atoms with Crippen LogP contribution in [0.2, 0.25) is 0 Å². The second kappa shape index (κ2) is 5.23. The van der Waals surface area contributed by atoms with Crippen LogP contribution >= 0.6 is 0 Å². The molecule has 108 valence electrons. The number of nitrogens with zero attached hydrogens (tertiary/aromatic N) is 1. The highest BCUT2D eigenvalue weighted by Gasteiger charge is 2.46. The normalized spacial score (nSPS) is 40.0. The fourth-order valence-electron chi connectivity index (χ4n) is 3.26. The number of likely N-dealkylation sites (tertiary alicyclic amines) is 1. The van der Waals surface area contributed by atoms with E-state index in [1.54, 1.807) is 13.8 Å². The highest BCUT2D eigenvalue weighted by molar-refractivity contribution is 6.04. The van der Waals surface area contributed by atoms with E-state index in [2.05, 4.69) is 6.92 Å². The molecule has 2 rings (SSSR count). The van der Waals surface area contributed by atoms with Crippen molar-refractivity contribution in [1.29, 1.82) is 0 Å². The van der Waals surface area contributed by atoms with E-state index in [-0.39, 0.29) is 30.2 Å². The van der Waals surface area contributed by atoms with Gasteiger partial charge in [-0.05, 0) is 31.6 Å². The van der Waals surface area contributed by atoms with Gasteiger partial charge in [-0.3, -0.25) is 14.5 Å². The van der Waals surface area contributed by atoms with E-state index in [0.717, 1.165) is 19.3 Å². The molecule has 2 unspecified atom stereocenters. The van der Waals surface area contributed by atoms with Gasteiger partial charge in [0.05, 0.1) is 12.1 Å². The van der Waals surface area contributed by atoms with Crippen LogP contribution < -0.4 is 0 Å². The molecule has 4 heteroatoms. The van der Waals surface area contributed by atoms with Crippen molar-refractivity contribution in [3.8, 4) is 0 Å². The molecule has 0 aromatic carbocycles. The zero-order valence-electron chi connectivity index (χ0n) is 12.2. The summed E-state index contributed by atoms with van der Waals surface area (Å²) >= 11 is 0. The number of hydrogen-bond donors (Lipinski definition) is 1. The Morgan fingerprint density at radius 1 is 1.16 bits per heavy atom. The lowest BCUT2D eigenvalue weighted by Gasteiger charge is -2.37. The fraction of sp³-hybridized carbons (Fsp3) is 0.867. The maximum Gasteiger partial charge on any atom is 0.232 e. The largest absolute Gasteiger partial charge is 0.388 e. The first-order valence-corrected chi connectivity index (χ1v) is 7.45. The summed E-state index contributed by atoms with van der Waals surface area (Å²) in [5.41, 5.74) is -0.860. The zero-order valence-corrected chi connectivity index (χ0v) is 12.2. The van der Waals surface area contributed by atoms with Gasteiger partial charge in [-0.25, -0.2) is 0 Å². The first-order chi connectivity index (χ1) is 8.88. The second-order valence-electron chi connectivity index (χ2n) is 6.42. The standard InChI is InChI=1S/C15H25NO3/c1-4-12-5-7-15(19,8-6-12)9-16-13(17)10(2)11(3)14(16)18/h10-12,19H,4-9H2,1-3H3. The number of amides is 2. The summed E-state index contributed by atoms with van der Waals surface area (Å²) in [6.07, 6.45) is 4.53. The highest BCUT2D eigenvalue weighted by atomic mass is 16.3. The van der Waals surface area contributed by atoms with Crippen LogP contribution in [0.5, 0.6) is 0 Å². The predicted octanol–water partition coefficient (Wildman–Crippen LogP) is 1.96.